The predicted octanol–water partition coefficient (Wildman–Crippen LogP) is 1.71. The molecule has 136 valence electrons. The molecule has 5 rings (SSSR count). The van der Waals surface area contributed by atoms with E-state index >= 15 is 0 Å². The van der Waals surface area contributed by atoms with E-state index in [2.05, 4.69) is 20.3 Å². The highest BCUT2D eigenvalue weighted by Gasteiger charge is 2.24. The SMILES string of the molecule is O=C(COc1ccc2nncn2n1)N1CCc2[nH]c3ccc(F)cc3c2C1. The van der Waals surface area contributed by atoms with Gasteiger partial charge in [-0.1, -0.05) is 0 Å². The Kier molecular flexibility index (Phi) is 3.52. The minimum atomic E-state index is -0.286. The van der Waals surface area contributed by atoms with Crippen molar-refractivity contribution in [3.8, 4) is 5.88 Å². The molecule has 0 fully saturated rings. The average Bonchev–Trinajstić information content (AvgIpc) is 3.29. The highest BCUT2D eigenvalue weighted by atomic mass is 19.1. The van der Waals surface area contributed by atoms with Crippen molar-refractivity contribution in [1.29, 1.82) is 0 Å². The van der Waals surface area contributed by atoms with Crippen LogP contribution in [-0.4, -0.2) is 48.8 Å². The van der Waals surface area contributed by atoms with Crippen LogP contribution in [0.1, 0.15) is 11.3 Å². The number of rotatable bonds is 3. The van der Waals surface area contributed by atoms with Gasteiger partial charge in [0, 0.05) is 47.7 Å². The Balaban J connectivity index is 1.31. The van der Waals surface area contributed by atoms with Crippen molar-refractivity contribution in [1.82, 2.24) is 29.7 Å². The number of nitrogens with one attached hydrogen (secondary N) is 1. The molecule has 0 atom stereocenters. The van der Waals surface area contributed by atoms with Crippen molar-refractivity contribution < 1.29 is 13.9 Å². The molecule has 1 amide bonds. The molecule has 8 nitrogen and oxygen atoms in total. The van der Waals surface area contributed by atoms with Crippen LogP contribution in [0.2, 0.25) is 0 Å². The number of halogens is 1. The van der Waals surface area contributed by atoms with Crippen molar-refractivity contribution in [3.63, 3.8) is 0 Å². The summed E-state index contributed by atoms with van der Waals surface area (Å²) in [6, 6.07) is 8.03. The van der Waals surface area contributed by atoms with Gasteiger partial charge in [-0.05, 0) is 24.3 Å². The van der Waals surface area contributed by atoms with Crippen LogP contribution < -0.4 is 4.74 Å². The fourth-order valence-corrected chi connectivity index (χ4v) is 3.41. The molecule has 0 bridgehead atoms. The standard InChI is InChI=1S/C18H15FN6O2/c19-11-1-2-14-12(7-11)13-8-24(6-5-15(13)21-14)18(26)9-27-17-4-3-16-22-20-10-25(16)23-17/h1-4,7,10,21H,5-6,8-9H2. The van der Waals surface area contributed by atoms with Gasteiger partial charge in [-0.2, -0.15) is 4.52 Å². The maximum absolute atomic E-state index is 13.6. The zero-order valence-electron chi connectivity index (χ0n) is 14.2. The van der Waals surface area contributed by atoms with E-state index in [1.54, 1.807) is 23.1 Å². The molecule has 4 heterocycles. The zero-order chi connectivity index (χ0) is 18.4. The van der Waals surface area contributed by atoms with Crippen molar-refractivity contribution in [2.24, 2.45) is 0 Å². The first kappa shape index (κ1) is 15.7. The quantitative estimate of drug-likeness (QED) is 0.596. The van der Waals surface area contributed by atoms with Gasteiger partial charge in [-0.25, -0.2) is 4.39 Å². The van der Waals surface area contributed by atoms with E-state index in [4.69, 9.17) is 4.74 Å². The molecule has 4 aromatic rings. The number of benzene rings is 1. The van der Waals surface area contributed by atoms with E-state index in [1.165, 1.54) is 23.0 Å². The number of nitrogens with zero attached hydrogens (tertiary/aromatic N) is 5. The minimum Gasteiger partial charge on any atom is -0.467 e. The second-order valence-electron chi connectivity index (χ2n) is 6.43. The Morgan fingerprint density at radius 2 is 2.22 bits per heavy atom. The zero-order valence-corrected chi connectivity index (χ0v) is 14.2. The summed E-state index contributed by atoms with van der Waals surface area (Å²) >= 11 is 0. The average molecular weight is 366 g/mol. The lowest BCUT2D eigenvalue weighted by atomic mass is 10.0. The highest BCUT2D eigenvalue weighted by Crippen LogP contribution is 2.28. The molecule has 0 radical (unpaired) electrons. The summed E-state index contributed by atoms with van der Waals surface area (Å²) in [7, 11) is 0. The second kappa shape index (κ2) is 6.04. The number of aromatic amines is 1. The molecule has 1 aliphatic heterocycles. The number of carbonyl (C=O) groups excluding carboxylic acids is 1. The summed E-state index contributed by atoms with van der Waals surface area (Å²) in [4.78, 5) is 17.6. The van der Waals surface area contributed by atoms with Crippen molar-refractivity contribution in [2.45, 2.75) is 13.0 Å². The normalized spacial score (nSPS) is 13.9. The number of amides is 1. The van der Waals surface area contributed by atoms with Crippen LogP contribution in [0.15, 0.2) is 36.7 Å². The van der Waals surface area contributed by atoms with Crippen LogP contribution in [0.25, 0.3) is 16.6 Å². The number of fused-ring (bicyclic) bond motifs is 4. The number of carbonyl (C=O) groups is 1. The molecule has 0 saturated heterocycles. The van der Waals surface area contributed by atoms with E-state index in [0.29, 0.717) is 31.0 Å². The molecular formula is C18H15FN6O2. The van der Waals surface area contributed by atoms with Gasteiger partial charge in [-0.3, -0.25) is 4.79 Å². The minimum absolute atomic E-state index is 0.118. The first-order valence-corrected chi connectivity index (χ1v) is 8.54. The summed E-state index contributed by atoms with van der Waals surface area (Å²) in [5, 5.41) is 12.6. The van der Waals surface area contributed by atoms with Gasteiger partial charge in [0.2, 0.25) is 5.88 Å². The summed E-state index contributed by atoms with van der Waals surface area (Å²) in [5.41, 5.74) is 3.51. The molecule has 0 saturated carbocycles. The molecule has 1 aliphatic rings. The van der Waals surface area contributed by atoms with Crippen LogP contribution in [0, 0.1) is 5.82 Å². The van der Waals surface area contributed by atoms with E-state index < -0.39 is 0 Å². The molecule has 0 spiro atoms. The molecule has 9 heteroatoms. The van der Waals surface area contributed by atoms with E-state index in [0.717, 1.165) is 22.2 Å². The lowest BCUT2D eigenvalue weighted by Gasteiger charge is -2.27. The molecule has 0 aliphatic carbocycles. The van der Waals surface area contributed by atoms with Crippen LogP contribution in [0.4, 0.5) is 4.39 Å². The van der Waals surface area contributed by atoms with Crippen LogP contribution in [0.5, 0.6) is 5.88 Å². The van der Waals surface area contributed by atoms with E-state index in [1.807, 2.05) is 0 Å². The van der Waals surface area contributed by atoms with Crippen molar-refractivity contribution >= 4 is 22.5 Å². The van der Waals surface area contributed by atoms with Gasteiger partial charge in [0.25, 0.3) is 5.91 Å². The van der Waals surface area contributed by atoms with Gasteiger partial charge < -0.3 is 14.6 Å². The van der Waals surface area contributed by atoms with Crippen molar-refractivity contribution in [2.75, 3.05) is 13.2 Å². The van der Waals surface area contributed by atoms with Gasteiger partial charge in [0.15, 0.2) is 12.3 Å². The molecule has 0 unspecified atom stereocenters. The second-order valence-corrected chi connectivity index (χ2v) is 6.43. The number of H-pyrrole nitrogens is 1. The number of ether oxygens (including phenoxy) is 1. The van der Waals surface area contributed by atoms with E-state index in [9.17, 15) is 9.18 Å². The lowest BCUT2D eigenvalue weighted by Crippen LogP contribution is -2.38. The molecule has 27 heavy (non-hydrogen) atoms. The smallest absolute Gasteiger partial charge is 0.260 e. The van der Waals surface area contributed by atoms with Gasteiger partial charge in [-0.15, -0.1) is 15.3 Å². The third kappa shape index (κ3) is 2.77. The summed E-state index contributed by atoms with van der Waals surface area (Å²) in [6.45, 7) is 0.897. The Labute approximate surface area is 152 Å². The third-order valence-corrected chi connectivity index (χ3v) is 4.77. The maximum atomic E-state index is 13.6. The Bertz CT molecular complexity index is 1170. The summed E-state index contributed by atoms with van der Waals surface area (Å²) in [6.07, 6.45) is 2.16. The number of hydrogen-bond acceptors (Lipinski definition) is 5. The van der Waals surface area contributed by atoms with Crippen LogP contribution in [0.3, 0.4) is 0 Å². The van der Waals surface area contributed by atoms with Gasteiger partial charge >= 0.3 is 0 Å². The largest absolute Gasteiger partial charge is 0.467 e. The first-order chi connectivity index (χ1) is 13.2. The fraction of sp³-hybridized carbons (Fsp3) is 0.222. The third-order valence-electron chi connectivity index (χ3n) is 4.77. The lowest BCUT2D eigenvalue weighted by molar-refractivity contribution is -0.134. The predicted molar refractivity (Wildman–Crippen MR) is 93.7 cm³/mol. The van der Waals surface area contributed by atoms with Crippen LogP contribution >= 0.6 is 0 Å². The van der Waals surface area contributed by atoms with Crippen molar-refractivity contribution in [3.05, 3.63) is 53.7 Å². The number of aromatic nitrogens is 5. The topological polar surface area (TPSA) is 88.4 Å². The van der Waals surface area contributed by atoms with Gasteiger partial charge in [0.05, 0.1) is 0 Å². The van der Waals surface area contributed by atoms with E-state index in [-0.39, 0.29) is 18.3 Å². The summed E-state index contributed by atoms with van der Waals surface area (Å²) in [5.74, 6) is -0.105. The molecular weight excluding hydrogens is 351 g/mol. The molecule has 1 aromatic carbocycles. The highest BCUT2D eigenvalue weighted by molar-refractivity contribution is 5.86. The monoisotopic (exact) mass is 366 g/mol. The Morgan fingerprint density at radius 3 is 3.15 bits per heavy atom. The van der Waals surface area contributed by atoms with Gasteiger partial charge in [0.1, 0.15) is 12.1 Å². The number of hydrogen-bond donors (Lipinski definition) is 1. The van der Waals surface area contributed by atoms with Crippen LogP contribution in [-0.2, 0) is 17.8 Å². The first-order valence-electron chi connectivity index (χ1n) is 8.54. The Hall–Kier alpha value is -3.49. The maximum Gasteiger partial charge on any atom is 0.260 e. The summed E-state index contributed by atoms with van der Waals surface area (Å²) < 4.78 is 20.6. The Morgan fingerprint density at radius 1 is 1.30 bits per heavy atom. The molecule has 1 N–H and O–H groups in total. The fourth-order valence-electron chi connectivity index (χ4n) is 3.41. The molecule has 3 aromatic heterocycles.